The van der Waals surface area contributed by atoms with Gasteiger partial charge in [-0.2, -0.15) is 0 Å². The Kier molecular flexibility index (Phi) is 8.81. The summed E-state index contributed by atoms with van der Waals surface area (Å²) in [5.41, 5.74) is 0.810. The number of hydrogen-bond acceptors (Lipinski definition) is 5. The Balaban J connectivity index is 5.37. The number of rotatable bonds is 9. The van der Waals surface area contributed by atoms with Crippen LogP contribution in [0.3, 0.4) is 0 Å². The highest BCUT2D eigenvalue weighted by atomic mass is 16.6. The van der Waals surface area contributed by atoms with Crippen molar-refractivity contribution in [1.29, 1.82) is 0 Å². The quantitative estimate of drug-likeness (QED) is 0.302. The molecular formula is C15H23NO5. The van der Waals surface area contributed by atoms with Gasteiger partial charge >= 0.3 is 11.9 Å². The van der Waals surface area contributed by atoms with E-state index in [-0.39, 0.29) is 19.6 Å². The first kappa shape index (κ1) is 18.9. The number of esters is 2. The van der Waals surface area contributed by atoms with E-state index < -0.39 is 23.4 Å². The van der Waals surface area contributed by atoms with Crippen LogP contribution in [0.15, 0.2) is 18.4 Å². The van der Waals surface area contributed by atoms with Crippen molar-refractivity contribution in [3.63, 3.8) is 0 Å². The zero-order valence-electron chi connectivity index (χ0n) is 12.9. The molecule has 1 N–H and O–H groups in total. The van der Waals surface area contributed by atoms with E-state index in [1.165, 1.54) is 6.92 Å². The Bertz CT molecular complexity index is 406. The summed E-state index contributed by atoms with van der Waals surface area (Å²) in [6, 6.07) is 0. The van der Waals surface area contributed by atoms with Crippen LogP contribution in [0.5, 0.6) is 0 Å². The molecular weight excluding hydrogens is 274 g/mol. The van der Waals surface area contributed by atoms with E-state index in [1.54, 1.807) is 19.9 Å². The van der Waals surface area contributed by atoms with Crippen LogP contribution in [0.1, 0.15) is 40.0 Å². The second-order valence-corrected chi connectivity index (χ2v) is 4.33. The Morgan fingerprint density at radius 3 is 2.10 bits per heavy atom. The van der Waals surface area contributed by atoms with Crippen molar-refractivity contribution in [2.45, 2.75) is 45.6 Å². The minimum atomic E-state index is -1.80. The summed E-state index contributed by atoms with van der Waals surface area (Å²) < 4.78 is 9.88. The fourth-order valence-electron chi connectivity index (χ4n) is 1.83. The predicted octanol–water partition coefficient (Wildman–Crippen LogP) is 1.50. The maximum atomic E-state index is 12.2. The van der Waals surface area contributed by atoms with Gasteiger partial charge in [0.25, 0.3) is 0 Å². The number of hydrogen-bond donors (Lipinski definition) is 1. The average Bonchev–Trinajstić information content (AvgIpc) is 2.42. The normalized spacial score (nSPS) is 10.2. The molecule has 0 saturated heterocycles. The standard InChI is InChI=1S/C15H23NO5/c1-5-8-9-10-11-15(16-12(4)17,13(18)20-6-2)14(19)21-7-3/h8H,1,6-7,9-11H2,2-4H3,(H,16,17). The van der Waals surface area contributed by atoms with E-state index in [9.17, 15) is 14.4 Å². The molecule has 0 aromatic carbocycles. The van der Waals surface area contributed by atoms with Gasteiger partial charge in [-0.25, -0.2) is 9.59 Å². The summed E-state index contributed by atoms with van der Waals surface area (Å²) >= 11 is 0. The van der Waals surface area contributed by atoms with Gasteiger partial charge < -0.3 is 14.8 Å². The molecule has 0 aromatic heterocycles. The van der Waals surface area contributed by atoms with E-state index in [0.717, 1.165) is 0 Å². The summed E-state index contributed by atoms with van der Waals surface area (Å²) in [6.45, 7) is 8.13. The average molecular weight is 297 g/mol. The van der Waals surface area contributed by atoms with Crippen LogP contribution in [-0.4, -0.2) is 36.6 Å². The lowest BCUT2D eigenvalue weighted by Crippen LogP contribution is -2.61. The van der Waals surface area contributed by atoms with Gasteiger partial charge in [0.1, 0.15) is 0 Å². The first-order valence-electron chi connectivity index (χ1n) is 6.92. The van der Waals surface area contributed by atoms with Crippen molar-refractivity contribution < 1.29 is 23.9 Å². The third kappa shape index (κ3) is 5.83. The number of ether oxygens (including phenoxy) is 2. The van der Waals surface area contributed by atoms with Gasteiger partial charge in [0.05, 0.1) is 13.2 Å². The third-order valence-corrected chi connectivity index (χ3v) is 2.68. The van der Waals surface area contributed by atoms with Crippen molar-refractivity contribution in [2.75, 3.05) is 13.2 Å². The number of amides is 1. The summed E-state index contributed by atoms with van der Waals surface area (Å²) in [5.74, 6) is -2.11. The molecule has 0 rings (SSSR count). The minimum Gasteiger partial charge on any atom is -0.464 e. The predicted molar refractivity (Wildman–Crippen MR) is 77.4 cm³/mol. The fourth-order valence-corrected chi connectivity index (χ4v) is 1.83. The van der Waals surface area contributed by atoms with E-state index in [4.69, 9.17) is 9.47 Å². The van der Waals surface area contributed by atoms with E-state index in [1.807, 2.05) is 0 Å². The molecule has 6 heteroatoms. The monoisotopic (exact) mass is 297 g/mol. The molecule has 0 aliphatic heterocycles. The number of carbonyl (C=O) groups excluding carboxylic acids is 3. The molecule has 1 amide bonds. The first-order valence-corrected chi connectivity index (χ1v) is 6.92. The molecule has 0 radical (unpaired) electrons. The lowest BCUT2D eigenvalue weighted by molar-refractivity contribution is -0.168. The van der Waals surface area contributed by atoms with Crippen molar-refractivity contribution in [3.05, 3.63) is 18.4 Å². The van der Waals surface area contributed by atoms with Gasteiger partial charge in [0.2, 0.25) is 11.4 Å². The second-order valence-electron chi connectivity index (χ2n) is 4.33. The lowest BCUT2D eigenvalue weighted by Gasteiger charge is -2.29. The molecule has 0 heterocycles. The summed E-state index contributed by atoms with van der Waals surface area (Å²) in [5, 5.41) is 2.40. The second kappa shape index (κ2) is 9.77. The highest BCUT2D eigenvalue weighted by molar-refractivity contribution is 6.07. The van der Waals surface area contributed by atoms with E-state index in [2.05, 4.69) is 17.6 Å². The number of allylic oxidation sites excluding steroid dienone is 1. The SMILES string of the molecule is C=C=CCCCC(NC(C)=O)(C(=O)OCC)C(=O)OCC. The Morgan fingerprint density at radius 1 is 1.19 bits per heavy atom. The lowest BCUT2D eigenvalue weighted by atomic mass is 9.92. The van der Waals surface area contributed by atoms with Crippen molar-refractivity contribution in [1.82, 2.24) is 5.32 Å². The maximum absolute atomic E-state index is 12.2. The van der Waals surface area contributed by atoms with Crippen LogP contribution in [0.2, 0.25) is 0 Å². The molecule has 0 aliphatic rings. The molecule has 21 heavy (non-hydrogen) atoms. The van der Waals surface area contributed by atoms with Crippen LogP contribution < -0.4 is 5.32 Å². The smallest absolute Gasteiger partial charge is 0.343 e. The molecule has 0 aromatic rings. The first-order chi connectivity index (χ1) is 9.94. The largest absolute Gasteiger partial charge is 0.464 e. The Labute approximate surface area is 125 Å². The Hall–Kier alpha value is -2.07. The highest BCUT2D eigenvalue weighted by Gasteiger charge is 2.49. The maximum Gasteiger partial charge on any atom is 0.343 e. The van der Waals surface area contributed by atoms with Gasteiger partial charge in [-0.3, -0.25) is 4.79 Å². The molecule has 0 fully saturated rings. The molecule has 0 saturated carbocycles. The zero-order chi connectivity index (χ0) is 16.3. The topological polar surface area (TPSA) is 81.7 Å². The molecule has 0 spiro atoms. The highest BCUT2D eigenvalue weighted by Crippen LogP contribution is 2.20. The van der Waals surface area contributed by atoms with Gasteiger partial charge in [-0.05, 0) is 39.2 Å². The van der Waals surface area contributed by atoms with Crippen LogP contribution in [-0.2, 0) is 23.9 Å². The van der Waals surface area contributed by atoms with Crippen LogP contribution in [0.4, 0.5) is 0 Å². The van der Waals surface area contributed by atoms with Crippen LogP contribution in [0, 0.1) is 0 Å². The van der Waals surface area contributed by atoms with Crippen molar-refractivity contribution in [3.8, 4) is 0 Å². The van der Waals surface area contributed by atoms with Gasteiger partial charge in [-0.1, -0.05) is 6.58 Å². The van der Waals surface area contributed by atoms with Gasteiger partial charge in [-0.15, -0.1) is 5.73 Å². The number of unbranched alkanes of at least 4 members (excludes halogenated alkanes) is 1. The summed E-state index contributed by atoms with van der Waals surface area (Å²) in [6.07, 6.45) is 2.82. The van der Waals surface area contributed by atoms with Crippen LogP contribution >= 0.6 is 0 Å². The number of nitrogens with one attached hydrogen (secondary N) is 1. The molecule has 0 unspecified atom stereocenters. The van der Waals surface area contributed by atoms with Crippen LogP contribution in [0.25, 0.3) is 0 Å². The third-order valence-electron chi connectivity index (χ3n) is 2.68. The molecule has 6 nitrogen and oxygen atoms in total. The zero-order valence-corrected chi connectivity index (χ0v) is 12.9. The summed E-state index contributed by atoms with van der Waals surface area (Å²) in [7, 11) is 0. The fraction of sp³-hybridized carbons (Fsp3) is 0.600. The molecule has 0 atom stereocenters. The van der Waals surface area contributed by atoms with Gasteiger partial charge in [0.15, 0.2) is 0 Å². The number of carbonyl (C=O) groups is 3. The minimum absolute atomic E-state index is 0.0857. The molecule has 118 valence electrons. The van der Waals surface area contributed by atoms with Crippen molar-refractivity contribution >= 4 is 17.8 Å². The van der Waals surface area contributed by atoms with E-state index >= 15 is 0 Å². The Morgan fingerprint density at radius 2 is 1.71 bits per heavy atom. The van der Waals surface area contributed by atoms with Gasteiger partial charge in [0, 0.05) is 6.92 Å². The van der Waals surface area contributed by atoms with Crippen molar-refractivity contribution in [2.24, 2.45) is 0 Å². The molecule has 0 aliphatic carbocycles. The van der Waals surface area contributed by atoms with E-state index in [0.29, 0.717) is 12.8 Å². The summed E-state index contributed by atoms with van der Waals surface area (Å²) in [4.78, 5) is 35.8. The molecule has 0 bridgehead atoms.